The highest BCUT2D eigenvalue weighted by Gasteiger charge is 2.17. The van der Waals surface area contributed by atoms with Gasteiger partial charge in [0, 0.05) is 11.8 Å². The summed E-state index contributed by atoms with van der Waals surface area (Å²) in [5, 5.41) is 7.70. The number of aromatic nitrogens is 4. The van der Waals surface area contributed by atoms with Gasteiger partial charge in [-0.2, -0.15) is 0 Å². The van der Waals surface area contributed by atoms with Crippen LogP contribution < -0.4 is 5.73 Å². The Bertz CT molecular complexity index is 738. The highest BCUT2D eigenvalue weighted by molar-refractivity contribution is 5.97. The highest BCUT2D eigenvalue weighted by Crippen LogP contribution is 2.27. The van der Waals surface area contributed by atoms with Crippen molar-refractivity contribution in [2.45, 2.75) is 0 Å². The van der Waals surface area contributed by atoms with Crippen LogP contribution in [0, 0.1) is 0 Å². The molecular formula is C14H11N5O. The lowest BCUT2D eigenvalue weighted by Crippen LogP contribution is -2.17. The molecule has 1 amide bonds. The first-order valence-electron chi connectivity index (χ1n) is 5.98. The third-order valence-electron chi connectivity index (χ3n) is 2.89. The van der Waals surface area contributed by atoms with E-state index < -0.39 is 5.91 Å². The van der Waals surface area contributed by atoms with Gasteiger partial charge in [0.1, 0.15) is 5.69 Å². The molecule has 0 spiro atoms. The first kappa shape index (κ1) is 12.0. The van der Waals surface area contributed by atoms with E-state index in [4.69, 9.17) is 5.73 Å². The zero-order valence-electron chi connectivity index (χ0n) is 10.5. The van der Waals surface area contributed by atoms with E-state index in [0.717, 1.165) is 11.1 Å². The third kappa shape index (κ3) is 2.03. The van der Waals surface area contributed by atoms with E-state index in [1.807, 2.05) is 36.4 Å². The van der Waals surface area contributed by atoms with Gasteiger partial charge in [0.2, 0.25) is 0 Å². The molecule has 0 saturated heterocycles. The molecule has 20 heavy (non-hydrogen) atoms. The molecule has 0 bridgehead atoms. The summed E-state index contributed by atoms with van der Waals surface area (Å²) in [7, 11) is 0. The fraction of sp³-hybridized carbons (Fsp3) is 0. The molecule has 98 valence electrons. The number of hydrogen-bond donors (Lipinski definition) is 1. The van der Waals surface area contributed by atoms with E-state index in [0.29, 0.717) is 5.69 Å². The molecule has 0 aliphatic carbocycles. The molecule has 0 saturated carbocycles. The van der Waals surface area contributed by atoms with Gasteiger partial charge in [0.15, 0.2) is 5.69 Å². The number of carbonyl (C=O) groups excluding carboxylic acids is 1. The summed E-state index contributed by atoms with van der Waals surface area (Å²) in [6.45, 7) is 0. The molecule has 1 aromatic carbocycles. The van der Waals surface area contributed by atoms with Crippen LogP contribution in [0.3, 0.4) is 0 Å². The predicted molar refractivity (Wildman–Crippen MR) is 73.1 cm³/mol. The number of nitrogens with zero attached hydrogens (tertiary/aromatic N) is 4. The monoisotopic (exact) mass is 265 g/mol. The number of primary amides is 1. The Hall–Kier alpha value is -3.02. The molecule has 0 aliphatic rings. The van der Waals surface area contributed by atoms with Crippen molar-refractivity contribution >= 4 is 5.91 Å². The Morgan fingerprint density at radius 1 is 1.10 bits per heavy atom. The lowest BCUT2D eigenvalue weighted by Gasteiger charge is -2.11. The summed E-state index contributed by atoms with van der Waals surface area (Å²) >= 11 is 0. The van der Waals surface area contributed by atoms with E-state index in [2.05, 4.69) is 15.3 Å². The van der Waals surface area contributed by atoms with Crippen LogP contribution in [0.5, 0.6) is 0 Å². The summed E-state index contributed by atoms with van der Waals surface area (Å²) in [5.74, 6) is -0.603. The van der Waals surface area contributed by atoms with Gasteiger partial charge in [-0.15, -0.1) is 5.10 Å². The number of carbonyl (C=O) groups is 1. The Morgan fingerprint density at radius 2 is 1.90 bits per heavy atom. The molecule has 6 heteroatoms. The van der Waals surface area contributed by atoms with Crippen molar-refractivity contribution in [3.8, 4) is 16.8 Å². The lowest BCUT2D eigenvalue weighted by atomic mass is 10.0. The zero-order chi connectivity index (χ0) is 13.9. The Kier molecular flexibility index (Phi) is 2.96. The number of hydrogen-bond acceptors (Lipinski definition) is 4. The first-order chi connectivity index (χ1) is 9.77. The number of rotatable bonds is 3. The third-order valence-corrected chi connectivity index (χ3v) is 2.89. The molecule has 2 aromatic heterocycles. The van der Waals surface area contributed by atoms with Crippen molar-refractivity contribution in [3.63, 3.8) is 0 Å². The number of pyridine rings is 1. The van der Waals surface area contributed by atoms with Gasteiger partial charge in [0.05, 0.1) is 12.4 Å². The van der Waals surface area contributed by atoms with Crippen molar-refractivity contribution in [1.82, 2.24) is 20.0 Å². The van der Waals surface area contributed by atoms with Gasteiger partial charge in [-0.05, 0) is 11.6 Å². The van der Waals surface area contributed by atoms with Gasteiger partial charge in [-0.3, -0.25) is 4.79 Å². The van der Waals surface area contributed by atoms with Crippen LogP contribution in [-0.2, 0) is 0 Å². The average Bonchev–Trinajstić information content (AvgIpc) is 3.01. The molecule has 3 aromatic rings. The minimum Gasteiger partial charge on any atom is -0.364 e. The number of amides is 1. The topological polar surface area (TPSA) is 86.7 Å². The van der Waals surface area contributed by atoms with E-state index in [9.17, 15) is 4.79 Å². The van der Waals surface area contributed by atoms with Crippen molar-refractivity contribution < 1.29 is 4.79 Å². The zero-order valence-corrected chi connectivity index (χ0v) is 10.5. The van der Waals surface area contributed by atoms with Gasteiger partial charge in [-0.25, -0.2) is 9.67 Å². The lowest BCUT2D eigenvalue weighted by molar-refractivity contribution is 0.0995. The normalized spacial score (nSPS) is 10.4. The van der Waals surface area contributed by atoms with E-state index in [1.54, 1.807) is 12.4 Å². The molecule has 0 fully saturated rings. The maximum atomic E-state index is 11.6. The van der Waals surface area contributed by atoms with E-state index in [1.165, 1.54) is 10.9 Å². The minimum atomic E-state index is -0.603. The van der Waals surface area contributed by atoms with Gasteiger partial charge >= 0.3 is 0 Å². The van der Waals surface area contributed by atoms with Crippen LogP contribution in [-0.4, -0.2) is 25.9 Å². The largest absolute Gasteiger partial charge is 0.364 e. The SMILES string of the molecule is NC(=O)c1nccc(-c2ccccc2)c1-n1ccnn1. The molecule has 2 heterocycles. The van der Waals surface area contributed by atoms with Crippen LogP contribution >= 0.6 is 0 Å². The molecule has 0 radical (unpaired) electrons. The van der Waals surface area contributed by atoms with Crippen LogP contribution in [0.15, 0.2) is 55.0 Å². The van der Waals surface area contributed by atoms with E-state index >= 15 is 0 Å². The minimum absolute atomic E-state index is 0.164. The molecule has 6 nitrogen and oxygen atoms in total. The van der Waals surface area contributed by atoms with E-state index in [-0.39, 0.29) is 5.69 Å². The summed E-state index contributed by atoms with van der Waals surface area (Å²) in [4.78, 5) is 15.7. The van der Waals surface area contributed by atoms with Crippen LogP contribution in [0.2, 0.25) is 0 Å². The van der Waals surface area contributed by atoms with Crippen molar-refractivity contribution in [1.29, 1.82) is 0 Å². The summed E-state index contributed by atoms with van der Waals surface area (Å²) in [5.41, 5.74) is 7.87. The van der Waals surface area contributed by atoms with Crippen molar-refractivity contribution in [3.05, 3.63) is 60.7 Å². The molecule has 2 N–H and O–H groups in total. The molecule has 0 unspecified atom stereocenters. The quantitative estimate of drug-likeness (QED) is 0.776. The van der Waals surface area contributed by atoms with Gasteiger partial charge in [0.25, 0.3) is 5.91 Å². The Balaban J connectivity index is 2.30. The average molecular weight is 265 g/mol. The second-order valence-electron chi connectivity index (χ2n) is 4.13. The maximum absolute atomic E-state index is 11.6. The number of benzene rings is 1. The second kappa shape index (κ2) is 4.93. The first-order valence-corrected chi connectivity index (χ1v) is 5.98. The van der Waals surface area contributed by atoms with Crippen molar-refractivity contribution in [2.75, 3.05) is 0 Å². The standard InChI is InChI=1S/C14H11N5O/c15-14(20)12-13(19-9-8-17-18-19)11(6-7-16-12)10-4-2-1-3-5-10/h1-9H,(H2,15,20). The van der Waals surface area contributed by atoms with Gasteiger partial charge in [-0.1, -0.05) is 35.5 Å². The Morgan fingerprint density at radius 3 is 2.55 bits per heavy atom. The van der Waals surface area contributed by atoms with Crippen LogP contribution in [0.4, 0.5) is 0 Å². The molecular weight excluding hydrogens is 254 g/mol. The summed E-state index contributed by atoms with van der Waals surface area (Å²) < 4.78 is 1.50. The van der Waals surface area contributed by atoms with Crippen molar-refractivity contribution in [2.24, 2.45) is 5.73 Å². The van der Waals surface area contributed by atoms with Crippen LogP contribution in [0.1, 0.15) is 10.5 Å². The number of nitrogens with two attached hydrogens (primary N) is 1. The molecule has 0 atom stereocenters. The summed E-state index contributed by atoms with van der Waals surface area (Å²) in [6.07, 6.45) is 4.74. The fourth-order valence-corrected chi connectivity index (χ4v) is 2.04. The maximum Gasteiger partial charge on any atom is 0.269 e. The molecule has 0 aliphatic heterocycles. The second-order valence-corrected chi connectivity index (χ2v) is 4.13. The Labute approximate surface area is 114 Å². The smallest absolute Gasteiger partial charge is 0.269 e. The van der Waals surface area contributed by atoms with Crippen LogP contribution in [0.25, 0.3) is 16.8 Å². The predicted octanol–water partition coefficient (Wildman–Crippen LogP) is 1.43. The highest BCUT2D eigenvalue weighted by atomic mass is 16.1. The van der Waals surface area contributed by atoms with Gasteiger partial charge < -0.3 is 5.73 Å². The molecule has 3 rings (SSSR count). The fourth-order valence-electron chi connectivity index (χ4n) is 2.04. The summed E-state index contributed by atoms with van der Waals surface area (Å²) in [6, 6.07) is 11.5.